The van der Waals surface area contributed by atoms with Gasteiger partial charge in [0, 0.05) is 6.92 Å². The van der Waals surface area contributed by atoms with Crippen LogP contribution in [-0.2, 0) is 4.79 Å². The number of esters is 1. The first-order valence-corrected chi connectivity index (χ1v) is 10.2. The molecule has 0 aromatic heterocycles. The Morgan fingerprint density at radius 3 is 2.29 bits per heavy atom. The third-order valence-electron chi connectivity index (χ3n) is 2.38. The zero-order valence-corrected chi connectivity index (χ0v) is 12.7. The van der Waals surface area contributed by atoms with E-state index in [1.54, 1.807) is 12.1 Å². The van der Waals surface area contributed by atoms with Crippen molar-refractivity contribution in [1.82, 2.24) is 0 Å². The fourth-order valence-corrected chi connectivity index (χ4v) is 4.39. The summed E-state index contributed by atoms with van der Waals surface area (Å²) in [4.78, 5) is 10.8. The highest BCUT2D eigenvalue weighted by molar-refractivity contribution is 7.44. The van der Waals surface area contributed by atoms with Crippen molar-refractivity contribution < 1.29 is 9.53 Å². The van der Waals surface area contributed by atoms with Gasteiger partial charge in [-0.1, -0.05) is 19.1 Å². The summed E-state index contributed by atoms with van der Waals surface area (Å²) in [6.45, 7) is 3.31. The van der Waals surface area contributed by atoms with Crippen molar-refractivity contribution >= 4 is 34.8 Å². The summed E-state index contributed by atoms with van der Waals surface area (Å²) in [6.07, 6.45) is 0. The van der Waals surface area contributed by atoms with E-state index in [1.165, 1.54) is 6.92 Å². The van der Waals surface area contributed by atoms with Gasteiger partial charge in [0.1, 0.15) is 5.75 Å². The van der Waals surface area contributed by atoms with Gasteiger partial charge in [-0.05, 0) is 36.2 Å². The molecule has 0 aliphatic heterocycles. The standard InChI is InChI=1S/C12H16Cl2O2Si/c1-9(8-17(3,13)14)11-4-6-12(7-5-11)16-10(2)15/h4-7,9H,8H2,1-3H3. The molecule has 1 rings (SSSR count). The van der Waals surface area contributed by atoms with Crippen molar-refractivity contribution in [2.24, 2.45) is 0 Å². The number of benzene rings is 1. The molecule has 0 bridgehead atoms. The van der Waals surface area contributed by atoms with Gasteiger partial charge in [-0.25, -0.2) is 0 Å². The lowest BCUT2D eigenvalue weighted by Gasteiger charge is -2.17. The molecule has 1 atom stereocenters. The molecule has 0 aliphatic carbocycles. The van der Waals surface area contributed by atoms with Crippen LogP contribution >= 0.6 is 22.2 Å². The molecule has 0 fully saturated rings. The van der Waals surface area contributed by atoms with E-state index in [0.29, 0.717) is 11.7 Å². The predicted octanol–water partition coefficient (Wildman–Crippen LogP) is 4.27. The smallest absolute Gasteiger partial charge is 0.308 e. The lowest BCUT2D eigenvalue weighted by molar-refractivity contribution is -0.131. The van der Waals surface area contributed by atoms with Crippen molar-refractivity contribution in [2.45, 2.75) is 32.4 Å². The average molecular weight is 291 g/mol. The van der Waals surface area contributed by atoms with E-state index >= 15 is 0 Å². The van der Waals surface area contributed by atoms with Crippen LogP contribution in [0.25, 0.3) is 0 Å². The number of carbonyl (C=O) groups is 1. The van der Waals surface area contributed by atoms with Crippen molar-refractivity contribution in [3.63, 3.8) is 0 Å². The van der Waals surface area contributed by atoms with Crippen LogP contribution in [0.4, 0.5) is 0 Å². The van der Waals surface area contributed by atoms with Crippen LogP contribution in [0.3, 0.4) is 0 Å². The minimum atomic E-state index is -2.08. The Labute approximate surface area is 112 Å². The molecule has 94 valence electrons. The molecule has 0 spiro atoms. The third-order valence-corrected chi connectivity index (χ3v) is 4.63. The number of hydrogen-bond acceptors (Lipinski definition) is 2. The molecule has 17 heavy (non-hydrogen) atoms. The molecule has 0 radical (unpaired) electrons. The molecular formula is C12H16Cl2O2Si. The van der Waals surface area contributed by atoms with Crippen molar-refractivity contribution in [1.29, 1.82) is 0 Å². The SMILES string of the molecule is CC(=O)Oc1ccc(C(C)C[Si](C)(Cl)Cl)cc1. The van der Waals surface area contributed by atoms with E-state index in [-0.39, 0.29) is 5.97 Å². The third kappa shape index (κ3) is 5.57. The summed E-state index contributed by atoms with van der Waals surface area (Å²) >= 11 is 12.2. The number of carbonyl (C=O) groups excluding carboxylic acids is 1. The van der Waals surface area contributed by atoms with Crippen LogP contribution in [0.15, 0.2) is 24.3 Å². The zero-order valence-electron chi connectivity index (χ0n) is 10.2. The Morgan fingerprint density at radius 2 is 1.88 bits per heavy atom. The van der Waals surface area contributed by atoms with Crippen molar-refractivity contribution in [2.75, 3.05) is 0 Å². The molecule has 1 unspecified atom stereocenters. The van der Waals surface area contributed by atoms with Crippen LogP contribution in [0.5, 0.6) is 5.75 Å². The van der Waals surface area contributed by atoms with Gasteiger partial charge in [-0.3, -0.25) is 4.79 Å². The van der Waals surface area contributed by atoms with Gasteiger partial charge in [0.15, 0.2) is 0 Å². The largest absolute Gasteiger partial charge is 0.427 e. The Morgan fingerprint density at radius 1 is 1.35 bits per heavy atom. The molecule has 0 N–H and O–H groups in total. The highest BCUT2D eigenvalue weighted by Crippen LogP contribution is 2.31. The van der Waals surface area contributed by atoms with Crippen LogP contribution < -0.4 is 4.74 Å². The molecule has 0 saturated heterocycles. The minimum absolute atomic E-state index is 0.313. The topological polar surface area (TPSA) is 26.3 Å². The number of ether oxygens (including phenoxy) is 1. The average Bonchev–Trinajstić information content (AvgIpc) is 2.15. The Hall–Kier alpha value is -0.513. The molecule has 1 aromatic carbocycles. The maximum atomic E-state index is 10.8. The highest BCUT2D eigenvalue weighted by atomic mass is 35.7. The lowest BCUT2D eigenvalue weighted by Crippen LogP contribution is -2.15. The normalized spacial score (nSPS) is 13.2. The first kappa shape index (κ1) is 14.5. The first-order valence-electron chi connectivity index (χ1n) is 5.44. The van der Waals surface area contributed by atoms with Crippen LogP contribution in [0.2, 0.25) is 12.6 Å². The van der Waals surface area contributed by atoms with E-state index in [9.17, 15) is 4.79 Å². The van der Waals surface area contributed by atoms with E-state index in [4.69, 9.17) is 26.9 Å². The van der Waals surface area contributed by atoms with Crippen LogP contribution in [0.1, 0.15) is 25.3 Å². The molecule has 5 heteroatoms. The van der Waals surface area contributed by atoms with E-state index in [0.717, 1.165) is 11.6 Å². The summed E-state index contributed by atoms with van der Waals surface area (Å²) in [5.74, 6) is 0.561. The van der Waals surface area contributed by atoms with Crippen LogP contribution in [-0.4, -0.2) is 12.7 Å². The maximum Gasteiger partial charge on any atom is 0.308 e. The molecule has 0 amide bonds. The van der Waals surface area contributed by atoms with Crippen LogP contribution in [0, 0.1) is 0 Å². The van der Waals surface area contributed by atoms with E-state index in [1.807, 2.05) is 18.7 Å². The molecule has 0 aliphatic rings. The Kier molecular flexibility index (Phi) is 5.04. The molecule has 2 nitrogen and oxygen atoms in total. The molecule has 0 heterocycles. The summed E-state index contributed by atoms with van der Waals surface area (Å²) in [6, 6.07) is 8.26. The summed E-state index contributed by atoms with van der Waals surface area (Å²) < 4.78 is 4.97. The highest BCUT2D eigenvalue weighted by Gasteiger charge is 2.24. The van der Waals surface area contributed by atoms with Gasteiger partial charge in [-0.2, -0.15) is 0 Å². The van der Waals surface area contributed by atoms with Gasteiger partial charge < -0.3 is 4.74 Å². The van der Waals surface area contributed by atoms with Gasteiger partial charge >= 0.3 is 5.97 Å². The zero-order chi connectivity index (χ0) is 13.1. The summed E-state index contributed by atoms with van der Waals surface area (Å²) in [5, 5.41) is 0. The van der Waals surface area contributed by atoms with Gasteiger partial charge in [0.25, 0.3) is 0 Å². The van der Waals surface area contributed by atoms with E-state index < -0.39 is 6.69 Å². The second-order valence-corrected chi connectivity index (χ2v) is 12.5. The van der Waals surface area contributed by atoms with Gasteiger partial charge in [-0.15, -0.1) is 22.2 Å². The number of halogens is 2. The minimum Gasteiger partial charge on any atom is -0.427 e. The molecule has 0 saturated carbocycles. The number of rotatable bonds is 4. The lowest BCUT2D eigenvalue weighted by atomic mass is 10.0. The quantitative estimate of drug-likeness (QED) is 0.358. The summed E-state index contributed by atoms with van der Waals surface area (Å²) in [7, 11) is 0. The van der Waals surface area contributed by atoms with E-state index in [2.05, 4.69) is 6.92 Å². The van der Waals surface area contributed by atoms with Gasteiger partial charge in [0.2, 0.25) is 6.69 Å². The Balaban J connectivity index is 2.70. The fraction of sp³-hybridized carbons (Fsp3) is 0.417. The molecule has 1 aromatic rings. The summed E-state index contributed by atoms with van der Waals surface area (Å²) in [5.41, 5.74) is 1.15. The fourth-order valence-electron chi connectivity index (χ4n) is 1.69. The van der Waals surface area contributed by atoms with Gasteiger partial charge in [0.05, 0.1) is 0 Å². The Bertz CT molecular complexity index is 384. The second-order valence-electron chi connectivity index (χ2n) is 4.34. The monoisotopic (exact) mass is 290 g/mol. The van der Waals surface area contributed by atoms with Crippen molar-refractivity contribution in [3.8, 4) is 5.75 Å². The number of hydrogen-bond donors (Lipinski definition) is 0. The van der Waals surface area contributed by atoms with Crippen molar-refractivity contribution in [3.05, 3.63) is 29.8 Å². The molecular weight excluding hydrogens is 275 g/mol. The predicted molar refractivity (Wildman–Crippen MR) is 74.3 cm³/mol. The second kappa shape index (κ2) is 5.89. The maximum absolute atomic E-state index is 10.8. The first-order chi connectivity index (χ1) is 7.78.